The number of hydrogen-bond donors (Lipinski definition) is 3. The van der Waals surface area contributed by atoms with Crippen molar-refractivity contribution < 1.29 is 13.6 Å². The molecule has 1 fully saturated rings. The molecule has 9 heteroatoms. The smallest absolute Gasteiger partial charge is 0.328 e. The molecular formula is C12H16F2N4O3. The Morgan fingerprint density at radius 1 is 1.48 bits per heavy atom. The van der Waals surface area contributed by atoms with Crippen molar-refractivity contribution in [1.29, 1.82) is 0 Å². The number of nitrogens with one attached hydrogen (secondary N) is 3. The lowest BCUT2D eigenvalue weighted by Crippen LogP contribution is -2.48. The minimum Gasteiger partial charge on any atom is -0.353 e. The van der Waals surface area contributed by atoms with Gasteiger partial charge in [0.05, 0.1) is 6.54 Å². The van der Waals surface area contributed by atoms with E-state index in [1.54, 1.807) is 6.92 Å². The molecule has 3 N–H and O–H groups in total. The summed E-state index contributed by atoms with van der Waals surface area (Å²) in [7, 11) is 0. The third-order valence-corrected chi connectivity index (χ3v) is 3.31. The van der Waals surface area contributed by atoms with Crippen LogP contribution in [-0.2, 0) is 11.3 Å². The van der Waals surface area contributed by atoms with Crippen LogP contribution in [0.25, 0.3) is 0 Å². The molecule has 0 bridgehead atoms. The number of rotatable bonds is 4. The van der Waals surface area contributed by atoms with Crippen molar-refractivity contribution in [3.63, 3.8) is 0 Å². The number of carbonyl (C=O) groups is 1. The summed E-state index contributed by atoms with van der Waals surface area (Å²) < 4.78 is 27.3. The van der Waals surface area contributed by atoms with Gasteiger partial charge in [0.25, 0.3) is 11.5 Å². The lowest BCUT2D eigenvalue weighted by molar-refractivity contribution is -0.122. The van der Waals surface area contributed by atoms with E-state index in [9.17, 15) is 23.2 Å². The Labute approximate surface area is 118 Å². The Bertz CT molecular complexity index is 654. The van der Waals surface area contributed by atoms with Gasteiger partial charge in [0.2, 0.25) is 5.91 Å². The van der Waals surface area contributed by atoms with Gasteiger partial charge in [0.15, 0.2) is 0 Å². The van der Waals surface area contributed by atoms with Gasteiger partial charge in [-0.1, -0.05) is 0 Å². The third-order valence-electron chi connectivity index (χ3n) is 3.31. The second-order valence-electron chi connectivity index (χ2n) is 5.46. The molecule has 0 aliphatic carbocycles. The van der Waals surface area contributed by atoms with E-state index in [0.717, 1.165) is 10.6 Å². The molecule has 1 unspecified atom stereocenters. The molecule has 0 saturated carbocycles. The van der Waals surface area contributed by atoms with Crippen molar-refractivity contribution in [2.75, 3.05) is 13.1 Å². The fourth-order valence-corrected chi connectivity index (χ4v) is 2.24. The molecule has 1 aromatic heterocycles. The highest BCUT2D eigenvalue weighted by molar-refractivity contribution is 5.75. The van der Waals surface area contributed by atoms with E-state index in [4.69, 9.17) is 0 Å². The zero-order valence-corrected chi connectivity index (χ0v) is 11.4. The minimum atomic E-state index is -2.78. The summed E-state index contributed by atoms with van der Waals surface area (Å²) in [6.45, 7) is 0.917. The normalized spacial score (nSPS) is 24.0. The van der Waals surface area contributed by atoms with Crippen molar-refractivity contribution in [1.82, 2.24) is 20.2 Å². The number of amides is 1. The predicted molar refractivity (Wildman–Crippen MR) is 70.3 cm³/mol. The molecule has 2 rings (SSSR count). The Balaban J connectivity index is 1.91. The number of alkyl halides is 2. The lowest BCUT2D eigenvalue weighted by atomic mass is 9.99. The maximum atomic E-state index is 13.1. The number of hydrogen-bond acceptors (Lipinski definition) is 4. The van der Waals surface area contributed by atoms with E-state index in [1.807, 2.05) is 4.98 Å². The number of aromatic nitrogens is 2. The molecule has 0 aromatic carbocycles. The molecule has 116 valence electrons. The number of halogens is 2. The molecule has 1 amide bonds. The topological polar surface area (TPSA) is 96.0 Å². The zero-order valence-electron chi connectivity index (χ0n) is 11.4. The zero-order chi connectivity index (χ0) is 15.7. The van der Waals surface area contributed by atoms with Gasteiger partial charge < -0.3 is 10.6 Å². The van der Waals surface area contributed by atoms with Crippen LogP contribution in [0.1, 0.15) is 13.3 Å². The van der Waals surface area contributed by atoms with Crippen LogP contribution in [0.15, 0.2) is 21.9 Å². The van der Waals surface area contributed by atoms with E-state index < -0.39 is 35.2 Å². The summed E-state index contributed by atoms with van der Waals surface area (Å²) in [4.78, 5) is 36.0. The molecule has 1 atom stereocenters. The number of aromatic amines is 1. The van der Waals surface area contributed by atoms with Gasteiger partial charge in [-0.15, -0.1) is 0 Å². The second-order valence-corrected chi connectivity index (χ2v) is 5.46. The fraction of sp³-hybridized carbons (Fsp3) is 0.583. The van der Waals surface area contributed by atoms with Crippen molar-refractivity contribution >= 4 is 5.91 Å². The predicted octanol–water partition coefficient (Wildman–Crippen LogP) is -0.960. The maximum Gasteiger partial charge on any atom is 0.328 e. The molecule has 1 saturated heterocycles. The molecule has 0 radical (unpaired) electrons. The molecular weight excluding hydrogens is 286 g/mol. The Morgan fingerprint density at radius 3 is 2.76 bits per heavy atom. The molecule has 0 spiro atoms. The van der Waals surface area contributed by atoms with E-state index >= 15 is 0 Å². The molecule has 7 nitrogen and oxygen atoms in total. The standard InChI is InChI=1S/C12H16F2N4O3/c1-11(5-12(13,14)7-16-11)6-15-9(20)4-18-3-2-8(19)17-10(18)21/h2-3,16H,4-7H2,1H3,(H,15,20)(H,17,19,21). The molecule has 2 heterocycles. The SMILES string of the molecule is CC1(CNC(=O)Cn2ccc(=O)[nH]c2=O)CC(F)(F)CN1. The van der Waals surface area contributed by atoms with Crippen LogP contribution in [-0.4, -0.2) is 40.0 Å². The average molecular weight is 302 g/mol. The lowest BCUT2D eigenvalue weighted by Gasteiger charge is -2.24. The highest BCUT2D eigenvalue weighted by Gasteiger charge is 2.46. The van der Waals surface area contributed by atoms with Crippen LogP contribution in [0, 0.1) is 0 Å². The highest BCUT2D eigenvalue weighted by atomic mass is 19.3. The Morgan fingerprint density at radius 2 is 2.19 bits per heavy atom. The van der Waals surface area contributed by atoms with Gasteiger partial charge in [-0.3, -0.25) is 19.1 Å². The molecule has 21 heavy (non-hydrogen) atoms. The quantitative estimate of drug-likeness (QED) is 0.667. The minimum absolute atomic E-state index is 0.0273. The first-order valence-corrected chi connectivity index (χ1v) is 6.39. The fourth-order valence-electron chi connectivity index (χ4n) is 2.24. The monoisotopic (exact) mass is 302 g/mol. The third kappa shape index (κ3) is 3.97. The molecule has 1 aromatic rings. The Kier molecular flexibility index (Phi) is 3.95. The van der Waals surface area contributed by atoms with Gasteiger partial charge in [0.1, 0.15) is 6.54 Å². The van der Waals surface area contributed by atoms with E-state index in [1.165, 1.54) is 6.20 Å². The summed E-state index contributed by atoms with van der Waals surface area (Å²) in [6, 6.07) is 1.12. The summed E-state index contributed by atoms with van der Waals surface area (Å²) >= 11 is 0. The highest BCUT2D eigenvalue weighted by Crippen LogP contribution is 2.31. The van der Waals surface area contributed by atoms with Crippen LogP contribution >= 0.6 is 0 Å². The average Bonchev–Trinajstić information content (AvgIpc) is 2.65. The van der Waals surface area contributed by atoms with Gasteiger partial charge in [0, 0.05) is 30.8 Å². The van der Waals surface area contributed by atoms with Gasteiger partial charge >= 0.3 is 5.69 Å². The number of nitrogens with zero attached hydrogens (tertiary/aromatic N) is 1. The largest absolute Gasteiger partial charge is 0.353 e. The molecule has 1 aliphatic heterocycles. The van der Waals surface area contributed by atoms with Crippen LogP contribution in [0.2, 0.25) is 0 Å². The molecule has 1 aliphatic rings. The summed E-state index contributed by atoms with van der Waals surface area (Å²) in [5.74, 6) is -3.28. The van der Waals surface area contributed by atoms with Crippen molar-refractivity contribution in [2.24, 2.45) is 0 Å². The first-order valence-electron chi connectivity index (χ1n) is 6.39. The van der Waals surface area contributed by atoms with Crippen molar-refractivity contribution in [3.8, 4) is 0 Å². The van der Waals surface area contributed by atoms with E-state index in [2.05, 4.69) is 10.6 Å². The van der Waals surface area contributed by atoms with E-state index in [0.29, 0.717) is 0 Å². The van der Waals surface area contributed by atoms with Crippen LogP contribution in [0.4, 0.5) is 8.78 Å². The maximum absolute atomic E-state index is 13.1. The Hall–Kier alpha value is -2.03. The van der Waals surface area contributed by atoms with Crippen molar-refractivity contribution in [3.05, 3.63) is 33.1 Å². The number of H-pyrrole nitrogens is 1. The van der Waals surface area contributed by atoms with E-state index in [-0.39, 0.29) is 19.5 Å². The van der Waals surface area contributed by atoms with Crippen LogP contribution in [0.3, 0.4) is 0 Å². The summed E-state index contributed by atoms with van der Waals surface area (Å²) in [5.41, 5.74) is -2.13. The van der Waals surface area contributed by atoms with Crippen molar-refractivity contribution in [2.45, 2.75) is 31.4 Å². The second kappa shape index (κ2) is 5.40. The van der Waals surface area contributed by atoms with Crippen LogP contribution < -0.4 is 21.9 Å². The van der Waals surface area contributed by atoms with Crippen LogP contribution in [0.5, 0.6) is 0 Å². The van der Waals surface area contributed by atoms with Gasteiger partial charge in [-0.05, 0) is 6.92 Å². The van der Waals surface area contributed by atoms with Gasteiger partial charge in [-0.25, -0.2) is 13.6 Å². The number of carbonyl (C=O) groups excluding carboxylic acids is 1. The van der Waals surface area contributed by atoms with Gasteiger partial charge in [-0.2, -0.15) is 0 Å². The summed E-state index contributed by atoms with van der Waals surface area (Å²) in [6.07, 6.45) is 0.837. The summed E-state index contributed by atoms with van der Waals surface area (Å²) in [5, 5.41) is 5.19. The first-order chi connectivity index (χ1) is 9.69. The first kappa shape index (κ1) is 15.4.